The first-order valence-electron chi connectivity index (χ1n) is 5.78. The summed E-state index contributed by atoms with van der Waals surface area (Å²) in [6.07, 6.45) is 3.31. The molecule has 0 spiro atoms. The lowest BCUT2D eigenvalue weighted by Crippen LogP contribution is -2.46. The summed E-state index contributed by atoms with van der Waals surface area (Å²) in [5.74, 6) is -0.357. The molecule has 2 N–H and O–H groups in total. The zero-order valence-electron chi connectivity index (χ0n) is 9.79. The van der Waals surface area contributed by atoms with Gasteiger partial charge in [0.05, 0.1) is 0 Å². The van der Waals surface area contributed by atoms with E-state index in [1.165, 1.54) is 0 Å². The Bertz CT molecular complexity index is 439. The summed E-state index contributed by atoms with van der Waals surface area (Å²) in [5, 5.41) is 0.550. The van der Waals surface area contributed by atoms with E-state index in [0.29, 0.717) is 18.4 Å². The molecule has 0 aromatic carbocycles. The molecule has 6 heteroatoms. The zero-order valence-corrected chi connectivity index (χ0v) is 11.3. The predicted octanol–water partition coefficient (Wildman–Crippen LogP) is 2.70. The maximum Gasteiger partial charge on any atom is 0.326 e. The van der Waals surface area contributed by atoms with Crippen LogP contribution in [0.1, 0.15) is 31.2 Å². The third-order valence-corrected chi connectivity index (χ3v) is 3.48. The number of ether oxygens (including phenoxy) is 1. The van der Waals surface area contributed by atoms with Crippen LogP contribution in [0.2, 0.25) is 10.3 Å². The minimum absolute atomic E-state index is 0.111. The first-order chi connectivity index (χ1) is 8.49. The second-order valence-corrected chi connectivity index (χ2v) is 5.33. The van der Waals surface area contributed by atoms with Gasteiger partial charge in [0.1, 0.15) is 22.5 Å². The number of nitrogens with two attached hydrogens (primary N) is 1. The van der Waals surface area contributed by atoms with E-state index < -0.39 is 5.54 Å². The predicted molar refractivity (Wildman–Crippen MR) is 69.4 cm³/mol. The number of nitrogens with zero attached hydrogens (tertiary/aromatic N) is 1. The van der Waals surface area contributed by atoms with Crippen LogP contribution in [0, 0.1) is 0 Å². The summed E-state index contributed by atoms with van der Waals surface area (Å²) in [5.41, 5.74) is 5.87. The van der Waals surface area contributed by atoms with Crippen molar-refractivity contribution in [3.05, 3.63) is 28.0 Å². The maximum absolute atomic E-state index is 11.9. The number of aromatic nitrogens is 1. The van der Waals surface area contributed by atoms with E-state index in [2.05, 4.69) is 4.98 Å². The lowest BCUT2D eigenvalue weighted by Gasteiger charge is -2.21. The molecule has 0 amide bonds. The van der Waals surface area contributed by atoms with Crippen LogP contribution in [0.15, 0.2) is 12.1 Å². The highest BCUT2D eigenvalue weighted by Gasteiger charge is 2.38. The maximum atomic E-state index is 11.9. The summed E-state index contributed by atoms with van der Waals surface area (Å²) in [7, 11) is 0. The second-order valence-electron chi connectivity index (χ2n) is 4.56. The molecule has 0 saturated heterocycles. The molecule has 0 atom stereocenters. The number of carbonyl (C=O) groups excluding carboxylic acids is 1. The third-order valence-electron chi connectivity index (χ3n) is 3.09. The number of hydrogen-bond acceptors (Lipinski definition) is 4. The van der Waals surface area contributed by atoms with Crippen LogP contribution in [-0.2, 0) is 16.1 Å². The topological polar surface area (TPSA) is 65.2 Å². The normalized spacial score (nSPS) is 17.7. The lowest BCUT2D eigenvalue weighted by molar-refractivity contribution is -0.151. The van der Waals surface area contributed by atoms with Gasteiger partial charge >= 0.3 is 5.97 Å². The Kier molecular flexibility index (Phi) is 4.10. The molecule has 1 aromatic rings. The molecular formula is C12H14Cl2N2O2. The fourth-order valence-corrected chi connectivity index (χ4v) is 2.61. The summed E-state index contributed by atoms with van der Waals surface area (Å²) < 4.78 is 5.22. The Balaban J connectivity index is 1.97. The Morgan fingerprint density at radius 1 is 1.33 bits per heavy atom. The zero-order chi connectivity index (χ0) is 13.2. The van der Waals surface area contributed by atoms with E-state index in [9.17, 15) is 4.79 Å². The van der Waals surface area contributed by atoms with E-state index in [0.717, 1.165) is 12.8 Å². The molecule has 1 fully saturated rings. The van der Waals surface area contributed by atoms with Crippen LogP contribution < -0.4 is 5.73 Å². The Morgan fingerprint density at radius 2 is 1.89 bits per heavy atom. The van der Waals surface area contributed by atoms with Gasteiger partial charge in [-0.2, -0.15) is 0 Å². The standard InChI is InChI=1S/C12H14Cl2N2O2/c13-9-5-8(6-10(14)16-9)7-18-11(17)12(15)3-1-2-4-12/h5-6H,1-4,7,15H2. The average molecular weight is 289 g/mol. The summed E-state index contributed by atoms with van der Waals surface area (Å²) in [6.45, 7) is 0.111. The van der Waals surface area contributed by atoms with Gasteiger partial charge in [-0.05, 0) is 30.5 Å². The van der Waals surface area contributed by atoms with E-state index in [1.807, 2.05) is 0 Å². The van der Waals surface area contributed by atoms with Gasteiger partial charge in [0.25, 0.3) is 0 Å². The minimum Gasteiger partial charge on any atom is -0.459 e. The summed E-state index contributed by atoms with van der Waals surface area (Å²) in [6, 6.07) is 3.22. The van der Waals surface area contributed by atoms with Crippen LogP contribution >= 0.6 is 23.2 Å². The van der Waals surface area contributed by atoms with E-state index in [4.69, 9.17) is 33.7 Å². The SMILES string of the molecule is NC1(C(=O)OCc2cc(Cl)nc(Cl)c2)CCCC1. The van der Waals surface area contributed by atoms with Crippen molar-refractivity contribution in [2.24, 2.45) is 5.73 Å². The lowest BCUT2D eigenvalue weighted by atomic mass is 10.00. The molecule has 1 aromatic heterocycles. The van der Waals surface area contributed by atoms with Crippen molar-refractivity contribution in [1.82, 2.24) is 4.98 Å². The third kappa shape index (κ3) is 3.13. The molecule has 1 aliphatic carbocycles. The van der Waals surface area contributed by atoms with Gasteiger partial charge in [0.2, 0.25) is 0 Å². The fourth-order valence-electron chi connectivity index (χ4n) is 2.10. The average Bonchev–Trinajstić information content (AvgIpc) is 2.73. The van der Waals surface area contributed by atoms with Crippen LogP contribution in [0.4, 0.5) is 0 Å². The van der Waals surface area contributed by atoms with Crippen molar-refractivity contribution >= 4 is 29.2 Å². The molecule has 1 aliphatic rings. The van der Waals surface area contributed by atoms with Crippen molar-refractivity contribution in [3.8, 4) is 0 Å². The Morgan fingerprint density at radius 3 is 2.44 bits per heavy atom. The quantitative estimate of drug-likeness (QED) is 0.686. The summed E-state index contributed by atoms with van der Waals surface area (Å²) >= 11 is 11.5. The highest BCUT2D eigenvalue weighted by atomic mass is 35.5. The van der Waals surface area contributed by atoms with Gasteiger partial charge in [-0.15, -0.1) is 0 Å². The molecule has 0 bridgehead atoms. The number of halogens is 2. The molecule has 98 valence electrons. The van der Waals surface area contributed by atoms with Crippen LogP contribution in [-0.4, -0.2) is 16.5 Å². The highest BCUT2D eigenvalue weighted by molar-refractivity contribution is 6.32. The number of rotatable bonds is 3. The molecule has 4 nitrogen and oxygen atoms in total. The molecule has 2 rings (SSSR count). The van der Waals surface area contributed by atoms with Gasteiger partial charge in [0, 0.05) is 0 Å². The number of carbonyl (C=O) groups is 1. The number of hydrogen-bond donors (Lipinski definition) is 1. The van der Waals surface area contributed by atoms with Crippen LogP contribution in [0.3, 0.4) is 0 Å². The highest BCUT2D eigenvalue weighted by Crippen LogP contribution is 2.28. The van der Waals surface area contributed by atoms with Gasteiger partial charge in [0.15, 0.2) is 0 Å². The van der Waals surface area contributed by atoms with Crippen molar-refractivity contribution in [2.45, 2.75) is 37.8 Å². The van der Waals surface area contributed by atoms with Crippen molar-refractivity contribution in [3.63, 3.8) is 0 Å². The smallest absolute Gasteiger partial charge is 0.326 e. The first-order valence-corrected chi connectivity index (χ1v) is 6.53. The first kappa shape index (κ1) is 13.6. The van der Waals surface area contributed by atoms with Crippen molar-refractivity contribution in [1.29, 1.82) is 0 Å². The molecule has 0 aliphatic heterocycles. The van der Waals surface area contributed by atoms with E-state index in [-0.39, 0.29) is 22.9 Å². The Labute approximate surface area is 115 Å². The van der Waals surface area contributed by atoms with Crippen LogP contribution in [0.5, 0.6) is 0 Å². The monoisotopic (exact) mass is 288 g/mol. The second kappa shape index (κ2) is 5.43. The van der Waals surface area contributed by atoms with Gasteiger partial charge in [-0.3, -0.25) is 4.79 Å². The van der Waals surface area contributed by atoms with Crippen LogP contribution in [0.25, 0.3) is 0 Å². The molecule has 0 unspecified atom stereocenters. The van der Waals surface area contributed by atoms with E-state index in [1.54, 1.807) is 12.1 Å². The molecule has 0 radical (unpaired) electrons. The molecule has 1 saturated carbocycles. The fraction of sp³-hybridized carbons (Fsp3) is 0.500. The number of pyridine rings is 1. The molecular weight excluding hydrogens is 275 g/mol. The van der Waals surface area contributed by atoms with E-state index >= 15 is 0 Å². The molecule has 1 heterocycles. The van der Waals surface area contributed by atoms with Gasteiger partial charge < -0.3 is 10.5 Å². The summed E-state index contributed by atoms with van der Waals surface area (Å²) in [4.78, 5) is 15.7. The van der Waals surface area contributed by atoms with Gasteiger partial charge in [-0.25, -0.2) is 4.98 Å². The molecule has 18 heavy (non-hydrogen) atoms. The van der Waals surface area contributed by atoms with Crippen molar-refractivity contribution in [2.75, 3.05) is 0 Å². The largest absolute Gasteiger partial charge is 0.459 e. The van der Waals surface area contributed by atoms with Crippen molar-refractivity contribution < 1.29 is 9.53 Å². The minimum atomic E-state index is -0.819. The Hall–Kier alpha value is -0.840. The number of esters is 1. The van der Waals surface area contributed by atoms with Gasteiger partial charge in [-0.1, -0.05) is 36.0 Å².